The highest BCUT2D eigenvalue weighted by atomic mass is 16.5. The van der Waals surface area contributed by atoms with Crippen LogP contribution in [0.15, 0.2) is 97.3 Å². The lowest BCUT2D eigenvalue weighted by Gasteiger charge is -2.17. The van der Waals surface area contributed by atoms with Crippen molar-refractivity contribution in [3.63, 3.8) is 0 Å². The summed E-state index contributed by atoms with van der Waals surface area (Å²) in [6, 6.07) is 29.5. The van der Waals surface area contributed by atoms with Gasteiger partial charge < -0.3 is 10.1 Å². The van der Waals surface area contributed by atoms with Gasteiger partial charge in [-0.3, -0.25) is 0 Å². The predicted octanol–water partition coefficient (Wildman–Crippen LogP) is 5.51. The average Bonchev–Trinajstić information content (AvgIpc) is 2.88. The van der Waals surface area contributed by atoms with Crippen molar-refractivity contribution in [2.75, 3.05) is 12.4 Å². The molecule has 33 heavy (non-hydrogen) atoms. The van der Waals surface area contributed by atoms with Crippen LogP contribution in [0.25, 0.3) is 23.4 Å². The number of benzene rings is 3. The summed E-state index contributed by atoms with van der Waals surface area (Å²) in [6.45, 7) is 0. The van der Waals surface area contributed by atoms with Crippen molar-refractivity contribution in [1.29, 1.82) is 0 Å². The van der Waals surface area contributed by atoms with Crippen LogP contribution in [0.1, 0.15) is 16.7 Å². The fourth-order valence-electron chi connectivity index (χ4n) is 3.48. The molecule has 0 spiro atoms. The lowest BCUT2D eigenvalue weighted by atomic mass is 10.1. The largest absolute Gasteiger partial charge is 0.467 e. The minimum Gasteiger partial charge on any atom is -0.467 e. The Morgan fingerprint density at radius 2 is 1.52 bits per heavy atom. The van der Waals surface area contributed by atoms with E-state index in [4.69, 9.17) is 4.74 Å². The highest BCUT2D eigenvalue weighted by Gasteiger charge is 2.20. The molecular formula is C28H25N3O2. The zero-order valence-corrected chi connectivity index (χ0v) is 18.4. The maximum absolute atomic E-state index is 12.3. The zero-order valence-electron chi connectivity index (χ0n) is 18.4. The number of carbonyl (C=O) groups excluding carboxylic acids is 1. The van der Waals surface area contributed by atoms with Gasteiger partial charge in [0.25, 0.3) is 0 Å². The molecule has 5 nitrogen and oxygen atoms in total. The Kier molecular flexibility index (Phi) is 7.23. The summed E-state index contributed by atoms with van der Waals surface area (Å²) in [5.74, 6) is 0.230. The maximum atomic E-state index is 12.3. The van der Waals surface area contributed by atoms with Gasteiger partial charge in [0.2, 0.25) is 0 Å². The number of esters is 1. The first-order valence-electron chi connectivity index (χ1n) is 10.8. The van der Waals surface area contributed by atoms with Crippen LogP contribution in [0, 0.1) is 0 Å². The third kappa shape index (κ3) is 6.14. The molecule has 5 heteroatoms. The van der Waals surface area contributed by atoms with E-state index in [1.54, 1.807) is 0 Å². The Morgan fingerprint density at radius 3 is 2.18 bits per heavy atom. The topological polar surface area (TPSA) is 64.1 Å². The number of anilines is 1. The standard InChI is InChI=1S/C28H25N3O2/c1-33-28(32)26(18-23-10-6-3-7-11-23)31-27-19-25(29-20-30-27)24-16-14-22(15-17-24)13-12-21-8-4-2-5-9-21/h2-17,19-20,26H,18H2,1H3,(H,29,30,31)/b13-12-. The maximum Gasteiger partial charge on any atom is 0.328 e. The first kappa shape index (κ1) is 22.0. The number of carbonyl (C=O) groups is 1. The van der Waals surface area contributed by atoms with Crippen LogP contribution in [0.3, 0.4) is 0 Å². The molecule has 3 aromatic carbocycles. The Balaban J connectivity index is 1.48. The number of hydrogen-bond acceptors (Lipinski definition) is 5. The molecule has 164 valence electrons. The molecule has 1 atom stereocenters. The number of hydrogen-bond donors (Lipinski definition) is 1. The van der Waals surface area contributed by atoms with Crippen molar-refractivity contribution in [1.82, 2.24) is 9.97 Å². The minimum atomic E-state index is -0.550. The summed E-state index contributed by atoms with van der Waals surface area (Å²) >= 11 is 0. The van der Waals surface area contributed by atoms with Gasteiger partial charge in [0.05, 0.1) is 12.8 Å². The first-order chi connectivity index (χ1) is 16.2. The van der Waals surface area contributed by atoms with Crippen molar-refractivity contribution in [3.8, 4) is 11.3 Å². The van der Waals surface area contributed by atoms with Gasteiger partial charge in [-0.05, 0) is 16.7 Å². The molecule has 4 rings (SSSR count). The van der Waals surface area contributed by atoms with Crippen molar-refractivity contribution >= 4 is 23.9 Å². The summed E-state index contributed by atoms with van der Waals surface area (Å²) in [5, 5.41) is 3.20. The van der Waals surface area contributed by atoms with Crippen LogP contribution in [-0.2, 0) is 16.0 Å². The fraction of sp³-hybridized carbons (Fsp3) is 0.107. The number of rotatable bonds is 8. The van der Waals surface area contributed by atoms with Crippen LogP contribution in [0.5, 0.6) is 0 Å². The third-order valence-electron chi connectivity index (χ3n) is 5.23. The molecule has 0 aliphatic rings. The SMILES string of the molecule is COC(=O)C(Cc1ccccc1)Nc1cc(-c2ccc(/C=C\c3ccccc3)cc2)ncn1. The van der Waals surface area contributed by atoms with Crippen LogP contribution in [0.2, 0.25) is 0 Å². The van der Waals surface area contributed by atoms with E-state index in [2.05, 4.69) is 51.7 Å². The molecule has 0 aliphatic carbocycles. The van der Waals surface area contributed by atoms with E-state index in [0.717, 1.165) is 27.9 Å². The van der Waals surface area contributed by atoms with Crippen LogP contribution >= 0.6 is 0 Å². The highest BCUT2D eigenvalue weighted by molar-refractivity contribution is 5.79. The molecule has 0 amide bonds. The lowest BCUT2D eigenvalue weighted by Crippen LogP contribution is -2.33. The summed E-state index contributed by atoms with van der Waals surface area (Å²) in [6.07, 6.45) is 6.16. The molecule has 4 aromatic rings. The van der Waals surface area contributed by atoms with Crippen molar-refractivity contribution < 1.29 is 9.53 Å². The summed E-state index contributed by atoms with van der Waals surface area (Å²) in [5.41, 5.74) is 5.03. The van der Waals surface area contributed by atoms with Gasteiger partial charge in [-0.25, -0.2) is 14.8 Å². The number of aromatic nitrogens is 2. The molecule has 1 unspecified atom stereocenters. The fourth-order valence-corrected chi connectivity index (χ4v) is 3.48. The number of methoxy groups -OCH3 is 1. The second kappa shape index (κ2) is 10.9. The zero-order chi connectivity index (χ0) is 22.9. The molecule has 1 N–H and O–H groups in total. The average molecular weight is 436 g/mol. The summed E-state index contributed by atoms with van der Waals surface area (Å²) < 4.78 is 4.99. The van der Waals surface area contributed by atoms with Gasteiger partial charge in [-0.1, -0.05) is 97.1 Å². The van der Waals surface area contributed by atoms with E-state index in [1.165, 1.54) is 13.4 Å². The van der Waals surface area contributed by atoms with Crippen molar-refractivity contribution in [2.45, 2.75) is 12.5 Å². The van der Waals surface area contributed by atoms with Crippen LogP contribution in [-0.4, -0.2) is 29.1 Å². The predicted molar refractivity (Wildman–Crippen MR) is 132 cm³/mol. The molecular weight excluding hydrogens is 410 g/mol. The highest BCUT2D eigenvalue weighted by Crippen LogP contribution is 2.21. The van der Waals surface area contributed by atoms with Crippen molar-refractivity contribution in [2.24, 2.45) is 0 Å². The van der Waals surface area contributed by atoms with Gasteiger partial charge in [0, 0.05) is 18.1 Å². The molecule has 0 aliphatic heterocycles. The molecule has 0 fully saturated rings. The smallest absolute Gasteiger partial charge is 0.328 e. The Morgan fingerprint density at radius 1 is 0.879 bits per heavy atom. The van der Waals surface area contributed by atoms with Crippen LogP contribution < -0.4 is 5.32 Å². The van der Waals surface area contributed by atoms with Crippen LogP contribution in [0.4, 0.5) is 5.82 Å². The minimum absolute atomic E-state index is 0.339. The van der Waals surface area contributed by atoms with Gasteiger partial charge in [-0.2, -0.15) is 0 Å². The molecule has 0 radical (unpaired) electrons. The summed E-state index contributed by atoms with van der Waals surface area (Å²) in [4.78, 5) is 21.0. The molecule has 1 heterocycles. The van der Waals surface area contributed by atoms with Gasteiger partial charge >= 0.3 is 5.97 Å². The van der Waals surface area contributed by atoms with Crippen molar-refractivity contribution in [3.05, 3.63) is 114 Å². The van der Waals surface area contributed by atoms with Gasteiger partial charge in [-0.15, -0.1) is 0 Å². The monoisotopic (exact) mass is 435 g/mol. The Hall–Kier alpha value is -4.25. The van der Waals surface area contributed by atoms with E-state index in [9.17, 15) is 4.79 Å². The number of nitrogens with zero attached hydrogens (tertiary/aromatic N) is 2. The summed E-state index contributed by atoms with van der Waals surface area (Å²) in [7, 11) is 1.39. The molecule has 0 saturated carbocycles. The van der Waals surface area contributed by atoms with E-state index in [1.807, 2.05) is 66.7 Å². The van der Waals surface area contributed by atoms with E-state index in [-0.39, 0.29) is 5.97 Å². The molecule has 0 saturated heterocycles. The number of nitrogens with one attached hydrogen (secondary N) is 1. The second-order valence-electron chi connectivity index (χ2n) is 7.56. The van der Waals surface area contributed by atoms with E-state index in [0.29, 0.717) is 12.2 Å². The first-order valence-corrected chi connectivity index (χ1v) is 10.8. The second-order valence-corrected chi connectivity index (χ2v) is 7.56. The Labute approximate surface area is 193 Å². The third-order valence-corrected chi connectivity index (χ3v) is 5.23. The van der Waals surface area contributed by atoms with Gasteiger partial charge in [0.1, 0.15) is 18.2 Å². The Bertz CT molecular complexity index is 1210. The number of ether oxygens (including phenoxy) is 1. The quantitative estimate of drug-likeness (QED) is 0.292. The molecule has 0 bridgehead atoms. The van der Waals surface area contributed by atoms with E-state index >= 15 is 0 Å². The van der Waals surface area contributed by atoms with Gasteiger partial charge in [0.15, 0.2) is 0 Å². The lowest BCUT2D eigenvalue weighted by molar-refractivity contribution is -0.141. The molecule has 1 aromatic heterocycles. The van der Waals surface area contributed by atoms with E-state index < -0.39 is 6.04 Å². The normalized spacial score (nSPS) is 11.8.